The molecule has 1 aromatic heterocycles. The fourth-order valence-electron chi connectivity index (χ4n) is 4.33. The lowest BCUT2D eigenvalue weighted by Crippen LogP contribution is -2.29. The average Bonchev–Trinajstić information content (AvgIpc) is 3.21. The molecular formula is C22H22F3N5O2. The van der Waals surface area contributed by atoms with Crippen molar-refractivity contribution in [3.63, 3.8) is 0 Å². The Hall–Kier alpha value is -3.27. The normalized spacial score (nSPS) is 19.2. The number of aliphatic carboxylic acids is 1. The van der Waals surface area contributed by atoms with Gasteiger partial charge in [0.05, 0.1) is 0 Å². The van der Waals surface area contributed by atoms with E-state index in [2.05, 4.69) is 62.3 Å². The molecule has 2 aliphatic rings. The van der Waals surface area contributed by atoms with E-state index < -0.39 is 12.1 Å². The standard InChI is InChI=1S/C20H21N5.C2HF3O2/c1-2-16(12-17(3-1)19-22-24-25-23-19)14-4-6-15(7-5-14)18-13-20(18)8-10-21-11-9-20;3-2(4,5)1(6)7/h1-7,12,18,21H,8-11,13H2,(H,22,23,24,25);(H,6,7). The van der Waals surface area contributed by atoms with E-state index in [4.69, 9.17) is 9.90 Å². The number of piperidine rings is 1. The van der Waals surface area contributed by atoms with Gasteiger partial charge in [0.1, 0.15) is 0 Å². The fraction of sp³-hybridized carbons (Fsp3) is 0.364. The number of alkyl halides is 3. The van der Waals surface area contributed by atoms with Crippen LogP contribution in [0.3, 0.4) is 0 Å². The number of hydrogen-bond donors (Lipinski definition) is 3. The molecule has 1 spiro atoms. The predicted octanol–water partition coefficient (Wildman–Crippen LogP) is 4.02. The van der Waals surface area contributed by atoms with Gasteiger partial charge in [0.15, 0.2) is 0 Å². The number of carboxylic acid groups (broad SMARTS) is 1. The second kappa shape index (κ2) is 8.70. The molecule has 1 atom stereocenters. The van der Waals surface area contributed by atoms with Crippen LogP contribution in [0.15, 0.2) is 48.5 Å². The first-order chi connectivity index (χ1) is 15.3. The number of hydrogen-bond acceptors (Lipinski definition) is 5. The quantitative estimate of drug-likeness (QED) is 0.563. The SMILES string of the molecule is O=C(O)C(F)(F)F.c1cc(-c2ccc(C3CC34CCNCC4)cc2)cc(-c2nn[nH]n2)c1. The Labute approximate surface area is 182 Å². The van der Waals surface area contributed by atoms with Gasteiger partial charge in [-0.15, -0.1) is 10.2 Å². The summed E-state index contributed by atoms with van der Waals surface area (Å²) in [4.78, 5) is 8.90. The largest absolute Gasteiger partial charge is 0.490 e. The zero-order valence-electron chi connectivity index (χ0n) is 17.1. The van der Waals surface area contributed by atoms with Crippen LogP contribution in [-0.2, 0) is 4.79 Å². The number of halogens is 3. The van der Waals surface area contributed by atoms with Crippen LogP contribution in [-0.4, -0.2) is 51.0 Å². The summed E-state index contributed by atoms with van der Waals surface area (Å²) >= 11 is 0. The molecule has 5 rings (SSSR count). The van der Waals surface area contributed by atoms with Crippen LogP contribution in [0.4, 0.5) is 13.2 Å². The molecule has 1 aliphatic heterocycles. The number of H-pyrrole nitrogens is 1. The van der Waals surface area contributed by atoms with Crippen molar-refractivity contribution in [1.82, 2.24) is 25.9 Å². The summed E-state index contributed by atoms with van der Waals surface area (Å²) in [5, 5.41) is 24.9. The van der Waals surface area contributed by atoms with Gasteiger partial charge in [-0.1, -0.05) is 42.5 Å². The number of tetrazole rings is 1. The molecule has 0 amide bonds. The Bertz CT molecular complexity index is 1060. The summed E-state index contributed by atoms with van der Waals surface area (Å²) in [5.41, 5.74) is 5.48. The van der Waals surface area contributed by atoms with E-state index in [9.17, 15) is 13.2 Å². The third-order valence-corrected chi connectivity index (χ3v) is 6.14. The van der Waals surface area contributed by atoms with Crippen LogP contribution in [0.2, 0.25) is 0 Å². The van der Waals surface area contributed by atoms with Crippen LogP contribution < -0.4 is 5.32 Å². The summed E-state index contributed by atoms with van der Waals surface area (Å²) in [5.74, 6) is -1.37. The van der Waals surface area contributed by atoms with Gasteiger partial charge in [-0.3, -0.25) is 0 Å². The number of nitrogens with one attached hydrogen (secondary N) is 2. The van der Waals surface area contributed by atoms with Gasteiger partial charge in [-0.05, 0) is 71.7 Å². The van der Waals surface area contributed by atoms with Crippen LogP contribution in [0, 0.1) is 5.41 Å². The maximum atomic E-state index is 10.6. The minimum Gasteiger partial charge on any atom is -0.475 e. The molecule has 1 unspecified atom stereocenters. The summed E-state index contributed by atoms with van der Waals surface area (Å²) in [6, 6.07) is 17.4. The molecule has 0 radical (unpaired) electrons. The molecule has 7 nitrogen and oxygen atoms in total. The molecule has 3 N–H and O–H groups in total. The summed E-state index contributed by atoms with van der Waals surface area (Å²) < 4.78 is 31.7. The molecule has 2 aromatic carbocycles. The number of carboxylic acids is 1. The number of aromatic amines is 1. The Morgan fingerprint density at radius 1 is 1.03 bits per heavy atom. The number of rotatable bonds is 3. The molecule has 168 valence electrons. The number of aromatic nitrogens is 4. The van der Waals surface area contributed by atoms with Crippen molar-refractivity contribution in [3.05, 3.63) is 54.1 Å². The highest BCUT2D eigenvalue weighted by Gasteiger charge is 2.54. The minimum absolute atomic E-state index is 0.589. The lowest BCUT2D eigenvalue weighted by molar-refractivity contribution is -0.192. The summed E-state index contributed by atoms with van der Waals surface area (Å²) in [6.45, 7) is 2.36. The third-order valence-electron chi connectivity index (χ3n) is 6.14. The van der Waals surface area contributed by atoms with E-state index in [-0.39, 0.29) is 0 Å². The first-order valence-electron chi connectivity index (χ1n) is 10.2. The second-order valence-electron chi connectivity index (χ2n) is 8.11. The molecule has 1 saturated heterocycles. The van der Waals surface area contributed by atoms with Crippen LogP contribution in [0.1, 0.15) is 30.7 Å². The highest BCUT2D eigenvalue weighted by atomic mass is 19.4. The highest BCUT2D eigenvalue weighted by molar-refractivity contribution is 5.73. The van der Waals surface area contributed by atoms with Gasteiger partial charge < -0.3 is 10.4 Å². The second-order valence-corrected chi connectivity index (χ2v) is 8.11. The molecule has 10 heteroatoms. The lowest BCUT2D eigenvalue weighted by atomic mass is 9.89. The van der Waals surface area contributed by atoms with Crippen molar-refractivity contribution >= 4 is 5.97 Å². The van der Waals surface area contributed by atoms with Crippen molar-refractivity contribution in [2.75, 3.05) is 13.1 Å². The lowest BCUT2D eigenvalue weighted by Gasteiger charge is -2.23. The Kier molecular flexibility index (Phi) is 5.96. The summed E-state index contributed by atoms with van der Waals surface area (Å²) in [7, 11) is 0. The highest BCUT2D eigenvalue weighted by Crippen LogP contribution is 2.64. The van der Waals surface area contributed by atoms with Crippen LogP contribution in [0.25, 0.3) is 22.5 Å². The Morgan fingerprint density at radius 2 is 1.69 bits per heavy atom. The van der Waals surface area contributed by atoms with Gasteiger partial charge in [-0.25, -0.2) is 4.79 Å². The van der Waals surface area contributed by atoms with Gasteiger partial charge >= 0.3 is 12.1 Å². The van der Waals surface area contributed by atoms with Gasteiger partial charge in [0, 0.05) is 5.56 Å². The van der Waals surface area contributed by atoms with Gasteiger partial charge in [0.2, 0.25) is 5.82 Å². The van der Waals surface area contributed by atoms with Gasteiger partial charge in [0.25, 0.3) is 0 Å². The summed E-state index contributed by atoms with van der Waals surface area (Å²) in [6.07, 6.45) is -1.07. The molecular weight excluding hydrogens is 423 g/mol. The fourth-order valence-corrected chi connectivity index (χ4v) is 4.33. The predicted molar refractivity (Wildman–Crippen MR) is 111 cm³/mol. The number of nitrogens with zero attached hydrogens (tertiary/aromatic N) is 3. The molecule has 2 fully saturated rings. The van der Waals surface area contributed by atoms with Crippen molar-refractivity contribution < 1.29 is 23.1 Å². The topological polar surface area (TPSA) is 104 Å². The van der Waals surface area contributed by atoms with E-state index >= 15 is 0 Å². The Morgan fingerprint density at radius 3 is 2.28 bits per heavy atom. The van der Waals surface area contributed by atoms with Gasteiger partial charge in [-0.2, -0.15) is 18.4 Å². The zero-order chi connectivity index (χ0) is 22.8. The molecule has 3 aromatic rings. The molecule has 1 aliphatic carbocycles. The average molecular weight is 445 g/mol. The van der Waals surface area contributed by atoms with E-state index in [1.807, 2.05) is 12.1 Å². The first-order valence-corrected chi connectivity index (χ1v) is 10.2. The maximum Gasteiger partial charge on any atom is 0.490 e. The molecule has 2 heterocycles. The Balaban J connectivity index is 0.000000307. The number of carbonyl (C=O) groups is 1. The van der Waals surface area contributed by atoms with E-state index in [1.165, 1.54) is 49.0 Å². The van der Waals surface area contributed by atoms with Crippen LogP contribution >= 0.6 is 0 Å². The zero-order valence-corrected chi connectivity index (χ0v) is 17.1. The minimum atomic E-state index is -5.08. The van der Waals surface area contributed by atoms with E-state index in [0.29, 0.717) is 11.2 Å². The van der Waals surface area contributed by atoms with Crippen LogP contribution in [0.5, 0.6) is 0 Å². The molecule has 0 bridgehead atoms. The number of benzene rings is 2. The first kappa shape index (κ1) is 21.9. The monoisotopic (exact) mass is 445 g/mol. The third kappa shape index (κ3) is 4.80. The molecule has 1 saturated carbocycles. The van der Waals surface area contributed by atoms with E-state index in [1.54, 1.807) is 0 Å². The van der Waals surface area contributed by atoms with Crippen molar-refractivity contribution in [1.29, 1.82) is 0 Å². The van der Waals surface area contributed by atoms with E-state index in [0.717, 1.165) is 11.5 Å². The molecule has 32 heavy (non-hydrogen) atoms. The van der Waals surface area contributed by atoms with Crippen molar-refractivity contribution in [2.24, 2.45) is 5.41 Å². The smallest absolute Gasteiger partial charge is 0.475 e. The van der Waals surface area contributed by atoms with Crippen molar-refractivity contribution in [2.45, 2.75) is 31.4 Å². The maximum absolute atomic E-state index is 10.6. The van der Waals surface area contributed by atoms with Crippen molar-refractivity contribution in [3.8, 4) is 22.5 Å².